The van der Waals surface area contributed by atoms with Crippen LogP contribution < -0.4 is 5.32 Å². The molecule has 0 bridgehead atoms. The molecule has 1 aromatic carbocycles. The Hall–Kier alpha value is -0.890. The molecule has 0 aliphatic carbocycles. The SMILES string of the molecule is CCC(NCc1cc(C)c(F)c(C)c1)C(C)C. The summed E-state index contributed by atoms with van der Waals surface area (Å²) >= 11 is 0. The number of rotatable bonds is 5. The Morgan fingerprint density at radius 2 is 1.71 bits per heavy atom. The molecule has 2 heteroatoms. The fourth-order valence-electron chi connectivity index (χ4n) is 2.24. The molecule has 1 unspecified atom stereocenters. The molecule has 0 aliphatic heterocycles. The van der Waals surface area contributed by atoms with E-state index >= 15 is 0 Å². The van der Waals surface area contributed by atoms with Gasteiger partial charge in [0, 0.05) is 12.6 Å². The molecule has 1 aromatic rings. The van der Waals surface area contributed by atoms with Crippen molar-refractivity contribution in [2.45, 2.75) is 53.6 Å². The second-order valence-corrected chi connectivity index (χ2v) is 5.18. The van der Waals surface area contributed by atoms with Crippen LogP contribution in [0.2, 0.25) is 0 Å². The van der Waals surface area contributed by atoms with Crippen molar-refractivity contribution in [1.29, 1.82) is 0 Å². The van der Waals surface area contributed by atoms with Crippen molar-refractivity contribution in [3.63, 3.8) is 0 Å². The smallest absolute Gasteiger partial charge is 0.129 e. The first-order valence-electron chi connectivity index (χ1n) is 6.44. The third kappa shape index (κ3) is 3.81. The van der Waals surface area contributed by atoms with E-state index in [9.17, 15) is 4.39 Å². The van der Waals surface area contributed by atoms with Crippen molar-refractivity contribution >= 4 is 0 Å². The maximum Gasteiger partial charge on any atom is 0.129 e. The zero-order valence-electron chi connectivity index (χ0n) is 11.6. The van der Waals surface area contributed by atoms with E-state index in [0.29, 0.717) is 12.0 Å². The predicted molar refractivity (Wildman–Crippen MR) is 71.6 cm³/mol. The number of halogens is 1. The Bertz CT molecular complexity index is 348. The predicted octanol–water partition coefficient (Wildman–Crippen LogP) is 3.97. The zero-order chi connectivity index (χ0) is 13.0. The van der Waals surface area contributed by atoms with Gasteiger partial charge in [-0.2, -0.15) is 0 Å². The molecule has 0 radical (unpaired) electrons. The van der Waals surface area contributed by atoms with Crippen LogP contribution in [0.5, 0.6) is 0 Å². The first-order chi connectivity index (χ1) is 7.95. The van der Waals surface area contributed by atoms with Crippen LogP contribution in [-0.4, -0.2) is 6.04 Å². The summed E-state index contributed by atoms with van der Waals surface area (Å²) in [6.45, 7) is 11.1. The Kier molecular flexibility index (Phi) is 5.13. The van der Waals surface area contributed by atoms with E-state index in [1.54, 1.807) is 0 Å². The molecule has 0 aliphatic rings. The number of aryl methyl sites for hydroxylation is 2. The van der Waals surface area contributed by atoms with Crippen molar-refractivity contribution < 1.29 is 4.39 Å². The topological polar surface area (TPSA) is 12.0 Å². The molecule has 0 saturated carbocycles. The summed E-state index contributed by atoms with van der Waals surface area (Å²) in [7, 11) is 0. The quantitative estimate of drug-likeness (QED) is 0.817. The van der Waals surface area contributed by atoms with E-state index in [1.807, 2.05) is 26.0 Å². The van der Waals surface area contributed by atoms with E-state index in [0.717, 1.165) is 24.1 Å². The van der Waals surface area contributed by atoms with E-state index in [1.165, 1.54) is 5.56 Å². The molecular formula is C15H24FN. The van der Waals surface area contributed by atoms with E-state index in [-0.39, 0.29) is 5.82 Å². The van der Waals surface area contributed by atoms with E-state index < -0.39 is 0 Å². The minimum absolute atomic E-state index is 0.0790. The lowest BCUT2D eigenvalue weighted by Crippen LogP contribution is -2.32. The van der Waals surface area contributed by atoms with Crippen LogP contribution in [-0.2, 0) is 6.54 Å². The first-order valence-corrected chi connectivity index (χ1v) is 6.44. The highest BCUT2D eigenvalue weighted by Gasteiger charge is 2.10. The maximum absolute atomic E-state index is 13.5. The Morgan fingerprint density at radius 3 is 2.12 bits per heavy atom. The average molecular weight is 237 g/mol. The Morgan fingerprint density at radius 1 is 1.18 bits per heavy atom. The minimum Gasteiger partial charge on any atom is -0.310 e. The van der Waals surface area contributed by atoms with Gasteiger partial charge in [-0.1, -0.05) is 32.9 Å². The summed E-state index contributed by atoms with van der Waals surface area (Å²) in [4.78, 5) is 0. The molecule has 0 amide bonds. The van der Waals surface area contributed by atoms with Crippen LogP contribution in [0.25, 0.3) is 0 Å². The molecule has 0 spiro atoms. The van der Waals surface area contributed by atoms with Crippen LogP contribution in [0.15, 0.2) is 12.1 Å². The van der Waals surface area contributed by atoms with Gasteiger partial charge in [0.25, 0.3) is 0 Å². The van der Waals surface area contributed by atoms with Gasteiger partial charge in [-0.25, -0.2) is 4.39 Å². The molecule has 1 rings (SSSR count). The van der Waals surface area contributed by atoms with Crippen molar-refractivity contribution in [1.82, 2.24) is 5.32 Å². The third-order valence-corrected chi connectivity index (χ3v) is 3.31. The van der Waals surface area contributed by atoms with Gasteiger partial charge in [0.1, 0.15) is 5.82 Å². The minimum atomic E-state index is -0.0790. The summed E-state index contributed by atoms with van der Waals surface area (Å²) in [5, 5.41) is 3.54. The van der Waals surface area contributed by atoms with Gasteiger partial charge in [-0.15, -0.1) is 0 Å². The molecule has 1 N–H and O–H groups in total. The van der Waals surface area contributed by atoms with Crippen LogP contribution in [0.3, 0.4) is 0 Å². The lowest BCUT2D eigenvalue weighted by molar-refractivity contribution is 0.387. The summed E-state index contributed by atoms with van der Waals surface area (Å²) in [5.74, 6) is 0.548. The zero-order valence-corrected chi connectivity index (χ0v) is 11.6. The molecule has 1 atom stereocenters. The maximum atomic E-state index is 13.5. The molecule has 17 heavy (non-hydrogen) atoms. The van der Waals surface area contributed by atoms with Crippen LogP contribution in [0.1, 0.15) is 43.9 Å². The average Bonchev–Trinajstić information content (AvgIpc) is 2.26. The van der Waals surface area contributed by atoms with Crippen LogP contribution >= 0.6 is 0 Å². The van der Waals surface area contributed by atoms with Crippen LogP contribution in [0, 0.1) is 25.6 Å². The highest BCUT2D eigenvalue weighted by molar-refractivity contribution is 5.30. The summed E-state index contributed by atoms with van der Waals surface area (Å²) in [6, 6.07) is 4.39. The molecule has 0 saturated heterocycles. The molecule has 1 nitrogen and oxygen atoms in total. The van der Waals surface area contributed by atoms with Gasteiger partial charge in [0.2, 0.25) is 0 Å². The van der Waals surface area contributed by atoms with Crippen molar-refractivity contribution in [3.8, 4) is 0 Å². The molecular weight excluding hydrogens is 213 g/mol. The van der Waals surface area contributed by atoms with Gasteiger partial charge < -0.3 is 5.32 Å². The monoisotopic (exact) mass is 237 g/mol. The number of benzene rings is 1. The van der Waals surface area contributed by atoms with Crippen LogP contribution in [0.4, 0.5) is 4.39 Å². The highest BCUT2D eigenvalue weighted by atomic mass is 19.1. The Labute approximate surface area is 104 Å². The Balaban J connectivity index is 2.69. The first kappa shape index (κ1) is 14.2. The molecule has 96 valence electrons. The number of hydrogen-bond acceptors (Lipinski definition) is 1. The van der Waals surface area contributed by atoms with Gasteiger partial charge in [0.15, 0.2) is 0 Å². The second kappa shape index (κ2) is 6.15. The summed E-state index contributed by atoms with van der Waals surface area (Å²) < 4.78 is 13.5. The highest BCUT2D eigenvalue weighted by Crippen LogP contribution is 2.15. The molecule has 0 aromatic heterocycles. The van der Waals surface area contributed by atoms with Crippen molar-refractivity contribution in [3.05, 3.63) is 34.6 Å². The lowest BCUT2D eigenvalue weighted by Gasteiger charge is -2.21. The van der Waals surface area contributed by atoms with Gasteiger partial charge in [0.05, 0.1) is 0 Å². The van der Waals surface area contributed by atoms with Crippen molar-refractivity contribution in [2.24, 2.45) is 5.92 Å². The normalized spacial score (nSPS) is 13.1. The fourth-order valence-corrected chi connectivity index (χ4v) is 2.24. The number of hydrogen-bond donors (Lipinski definition) is 1. The summed E-state index contributed by atoms with van der Waals surface area (Å²) in [5.41, 5.74) is 2.64. The molecule has 0 fully saturated rings. The van der Waals surface area contributed by atoms with E-state index in [4.69, 9.17) is 0 Å². The largest absolute Gasteiger partial charge is 0.310 e. The third-order valence-electron chi connectivity index (χ3n) is 3.31. The van der Waals surface area contributed by atoms with Gasteiger partial charge >= 0.3 is 0 Å². The molecule has 0 heterocycles. The van der Waals surface area contributed by atoms with Gasteiger partial charge in [-0.05, 0) is 42.9 Å². The van der Waals surface area contributed by atoms with Crippen molar-refractivity contribution in [2.75, 3.05) is 0 Å². The lowest BCUT2D eigenvalue weighted by atomic mass is 10.0. The fraction of sp³-hybridized carbons (Fsp3) is 0.600. The van der Waals surface area contributed by atoms with E-state index in [2.05, 4.69) is 26.1 Å². The van der Waals surface area contributed by atoms with Gasteiger partial charge in [-0.3, -0.25) is 0 Å². The standard InChI is InChI=1S/C15H24FN/c1-6-14(10(2)3)17-9-13-7-11(4)15(16)12(5)8-13/h7-8,10,14,17H,6,9H2,1-5H3. The summed E-state index contributed by atoms with van der Waals surface area (Å²) in [6.07, 6.45) is 1.12. The number of nitrogens with one attached hydrogen (secondary N) is 1. The second-order valence-electron chi connectivity index (χ2n) is 5.18.